The zero-order valence-electron chi connectivity index (χ0n) is 15.8. The largest absolute Gasteiger partial charge is 0.495 e. The minimum absolute atomic E-state index is 0.0418. The van der Waals surface area contributed by atoms with E-state index < -0.39 is 17.6 Å². The number of nitrogens with zero attached hydrogens (tertiary/aromatic N) is 1. The van der Waals surface area contributed by atoms with Crippen molar-refractivity contribution in [1.29, 1.82) is 0 Å². The molecule has 0 saturated carbocycles. The van der Waals surface area contributed by atoms with Gasteiger partial charge in [0.1, 0.15) is 5.75 Å². The van der Waals surface area contributed by atoms with Gasteiger partial charge in [-0.15, -0.1) is 0 Å². The molecule has 0 aromatic heterocycles. The third-order valence-corrected chi connectivity index (χ3v) is 4.19. The van der Waals surface area contributed by atoms with E-state index in [1.165, 1.54) is 30.2 Å². The van der Waals surface area contributed by atoms with Crippen LogP contribution in [0.5, 0.6) is 5.75 Å². The Morgan fingerprint density at radius 1 is 1.14 bits per heavy atom. The summed E-state index contributed by atoms with van der Waals surface area (Å²) in [6.07, 6.45) is -2.31. The number of methoxy groups -OCH3 is 1. The summed E-state index contributed by atoms with van der Waals surface area (Å²) in [5.74, 6) is -0.583. The number of halogens is 4. The van der Waals surface area contributed by atoms with E-state index in [4.69, 9.17) is 16.3 Å². The SMILES string of the molecule is COc1ccc(C(=O)N(C)C)cc1NC(=O)/C=C/c1cc(C(F)(F)F)ccc1Cl. The second-order valence-corrected chi connectivity index (χ2v) is 6.58. The first kappa shape index (κ1) is 22.3. The highest BCUT2D eigenvalue weighted by molar-refractivity contribution is 6.32. The number of carbonyl (C=O) groups excluding carboxylic acids is 2. The predicted octanol–water partition coefficient (Wildman–Crippen LogP) is 4.72. The second kappa shape index (κ2) is 9.00. The molecule has 0 spiro atoms. The zero-order chi connectivity index (χ0) is 21.8. The Balaban J connectivity index is 2.25. The molecule has 1 N–H and O–H groups in total. The summed E-state index contributed by atoms with van der Waals surface area (Å²) in [6.45, 7) is 0. The molecule has 0 unspecified atom stereocenters. The first-order valence-corrected chi connectivity index (χ1v) is 8.66. The molecule has 0 aliphatic rings. The maximum absolute atomic E-state index is 12.8. The molecule has 2 aromatic carbocycles. The first-order valence-electron chi connectivity index (χ1n) is 8.28. The highest BCUT2D eigenvalue weighted by atomic mass is 35.5. The molecule has 29 heavy (non-hydrogen) atoms. The third-order valence-electron chi connectivity index (χ3n) is 3.85. The van der Waals surface area contributed by atoms with Gasteiger partial charge in [0.25, 0.3) is 5.91 Å². The maximum atomic E-state index is 12.8. The molecule has 9 heteroatoms. The lowest BCUT2D eigenvalue weighted by Crippen LogP contribution is -2.22. The van der Waals surface area contributed by atoms with Crippen molar-refractivity contribution in [3.05, 3.63) is 64.2 Å². The highest BCUT2D eigenvalue weighted by Gasteiger charge is 2.30. The number of ether oxygens (including phenoxy) is 1. The number of benzene rings is 2. The zero-order valence-corrected chi connectivity index (χ0v) is 16.6. The van der Waals surface area contributed by atoms with Crippen LogP contribution in [-0.2, 0) is 11.0 Å². The van der Waals surface area contributed by atoms with Crippen molar-refractivity contribution in [3.8, 4) is 5.75 Å². The molecule has 0 heterocycles. The second-order valence-electron chi connectivity index (χ2n) is 6.17. The van der Waals surface area contributed by atoms with Crippen molar-refractivity contribution in [1.82, 2.24) is 4.90 Å². The Bertz CT molecular complexity index is 956. The van der Waals surface area contributed by atoms with E-state index in [2.05, 4.69) is 5.32 Å². The summed E-state index contributed by atoms with van der Waals surface area (Å²) in [5, 5.41) is 2.61. The van der Waals surface area contributed by atoms with Crippen molar-refractivity contribution in [3.63, 3.8) is 0 Å². The van der Waals surface area contributed by atoms with Gasteiger partial charge in [-0.1, -0.05) is 11.6 Å². The highest BCUT2D eigenvalue weighted by Crippen LogP contribution is 2.32. The summed E-state index contributed by atoms with van der Waals surface area (Å²) in [4.78, 5) is 25.7. The van der Waals surface area contributed by atoms with Crippen LogP contribution in [0.1, 0.15) is 21.5 Å². The Morgan fingerprint density at radius 3 is 2.41 bits per heavy atom. The minimum Gasteiger partial charge on any atom is -0.495 e. The monoisotopic (exact) mass is 426 g/mol. The van der Waals surface area contributed by atoms with Gasteiger partial charge in [-0.3, -0.25) is 9.59 Å². The lowest BCUT2D eigenvalue weighted by Gasteiger charge is -2.14. The molecule has 0 fully saturated rings. The summed E-state index contributed by atoms with van der Waals surface area (Å²) >= 11 is 5.91. The fourth-order valence-corrected chi connectivity index (χ4v) is 2.57. The molecule has 0 atom stereocenters. The van der Waals surface area contributed by atoms with Crippen molar-refractivity contribution in [2.24, 2.45) is 0 Å². The summed E-state index contributed by atoms with van der Waals surface area (Å²) < 4.78 is 43.7. The van der Waals surface area contributed by atoms with Crippen molar-refractivity contribution < 1.29 is 27.5 Å². The topological polar surface area (TPSA) is 58.6 Å². The summed E-state index contributed by atoms with van der Waals surface area (Å²) in [7, 11) is 4.58. The van der Waals surface area contributed by atoms with Crippen molar-refractivity contribution >= 4 is 35.2 Å². The number of hydrogen-bond acceptors (Lipinski definition) is 3. The van der Waals surface area contributed by atoms with E-state index in [0.29, 0.717) is 11.3 Å². The van der Waals surface area contributed by atoms with Crippen molar-refractivity contribution in [2.75, 3.05) is 26.5 Å². The van der Waals surface area contributed by atoms with E-state index >= 15 is 0 Å². The molecule has 5 nitrogen and oxygen atoms in total. The molecule has 2 rings (SSSR count). The molecule has 0 bridgehead atoms. The first-order chi connectivity index (χ1) is 13.5. The molecule has 2 aromatic rings. The van der Waals surface area contributed by atoms with Crippen LogP contribution in [0.4, 0.5) is 18.9 Å². The van der Waals surface area contributed by atoms with Crippen LogP contribution in [0.25, 0.3) is 6.08 Å². The standard InChI is InChI=1S/C20H18ClF3N2O3/c1-26(2)19(28)13-4-8-17(29-3)16(11-13)25-18(27)9-5-12-10-14(20(22,23)24)6-7-15(12)21/h4-11H,1-3H3,(H,25,27)/b9-5+. The van der Waals surface area contributed by atoms with Crippen molar-refractivity contribution in [2.45, 2.75) is 6.18 Å². The molecule has 0 aliphatic carbocycles. The van der Waals surface area contributed by atoms with E-state index in [1.807, 2.05) is 0 Å². The van der Waals surface area contributed by atoms with Gasteiger partial charge in [0, 0.05) is 30.8 Å². The van der Waals surface area contributed by atoms with Gasteiger partial charge in [0.15, 0.2) is 0 Å². The number of rotatable bonds is 5. The maximum Gasteiger partial charge on any atom is 0.416 e. The van der Waals surface area contributed by atoms with Crippen LogP contribution in [0.15, 0.2) is 42.5 Å². The molecular weight excluding hydrogens is 409 g/mol. The molecule has 0 saturated heterocycles. The number of hydrogen-bond donors (Lipinski definition) is 1. The fraction of sp³-hybridized carbons (Fsp3) is 0.200. The molecular formula is C20H18ClF3N2O3. The summed E-state index contributed by atoms with van der Waals surface area (Å²) in [6, 6.07) is 7.35. The average molecular weight is 427 g/mol. The van der Waals surface area contributed by atoms with Gasteiger partial charge >= 0.3 is 6.18 Å². The Labute approximate surface area is 170 Å². The summed E-state index contributed by atoms with van der Waals surface area (Å²) in [5.41, 5.74) is -0.264. The van der Waals surface area contributed by atoms with Gasteiger partial charge in [0.2, 0.25) is 5.91 Å². The Kier molecular flexibility index (Phi) is 6.92. The van der Waals surface area contributed by atoms with E-state index in [0.717, 1.165) is 24.3 Å². The van der Waals surface area contributed by atoms with Crippen LogP contribution >= 0.6 is 11.6 Å². The average Bonchev–Trinajstić information content (AvgIpc) is 2.65. The quantitative estimate of drug-likeness (QED) is 0.704. The van der Waals surface area contributed by atoms with Crippen LogP contribution in [-0.4, -0.2) is 37.9 Å². The number of anilines is 1. The third kappa shape index (κ3) is 5.74. The van der Waals surface area contributed by atoms with Gasteiger partial charge in [-0.25, -0.2) is 0 Å². The Morgan fingerprint density at radius 2 is 1.83 bits per heavy atom. The fourth-order valence-electron chi connectivity index (χ4n) is 2.38. The van der Waals surface area contributed by atoms with Crippen LogP contribution < -0.4 is 10.1 Å². The molecule has 2 amide bonds. The number of nitrogens with one attached hydrogen (secondary N) is 1. The van der Waals surface area contributed by atoms with Gasteiger partial charge < -0.3 is 15.0 Å². The lowest BCUT2D eigenvalue weighted by molar-refractivity contribution is -0.137. The lowest BCUT2D eigenvalue weighted by atomic mass is 10.1. The smallest absolute Gasteiger partial charge is 0.416 e. The number of alkyl halides is 3. The Hall–Kier alpha value is -3.00. The molecule has 0 radical (unpaired) electrons. The van der Waals surface area contributed by atoms with E-state index in [9.17, 15) is 22.8 Å². The van der Waals surface area contributed by atoms with Crippen LogP contribution in [0.3, 0.4) is 0 Å². The number of amides is 2. The minimum atomic E-state index is -4.53. The molecule has 154 valence electrons. The normalized spacial score (nSPS) is 11.4. The van der Waals surface area contributed by atoms with Gasteiger partial charge in [0.05, 0.1) is 18.4 Å². The van der Waals surface area contributed by atoms with E-state index in [1.54, 1.807) is 20.2 Å². The van der Waals surface area contributed by atoms with Gasteiger partial charge in [-0.05, 0) is 48.0 Å². The van der Waals surface area contributed by atoms with Gasteiger partial charge in [-0.2, -0.15) is 13.2 Å². The predicted molar refractivity (Wildman–Crippen MR) is 105 cm³/mol. The van der Waals surface area contributed by atoms with Crippen LogP contribution in [0.2, 0.25) is 5.02 Å². The van der Waals surface area contributed by atoms with E-state index in [-0.39, 0.29) is 22.2 Å². The molecule has 0 aliphatic heterocycles. The van der Waals surface area contributed by atoms with Crippen LogP contribution in [0, 0.1) is 0 Å². The number of carbonyl (C=O) groups is 2.